The van der Waals surface area contributed by atoms with E-state index in [1.54, 1.807) is 0 Å². The fourth-order valence-electron chi connectivity index (χ4n) is 3.16. The molecule has 1 aliphatic heterocycles. The number of aromatic nitrogens is 1. The molecule has 0 fully saturated rings. The lowest BCUT2D eigenvalue weighted by molar-refractivity contribution is 1.02. The lowest BCUT2D eigenvalue weighted by Gasteiger charge is -2.29. The Bertz CT molecular complexity index is 964. The number of rotatable bonds is 3. The van der Waals surface area contributed by atoms with Gasteiger partial charge in [0, 0.05) is 58.4 Å². The van der Waals surface area contributed by atoms with Gasteiger partial charge in [0.1, 0.15) is 5.82 Å². The summed E-state index contributed by atoms with van der Waals surface area (Å²) in [6, 6.07) is 17.7. The van der Waals surface area contributed by atoms with Crippen molar-refractivity contribution in [2.75, 3.05) is 23.8 Å². The first kappa shape index (κ1) is 17.0. The summed E-state index contributed by atoms with van der Waals surface area (Å²) in [7, 11) is 2.06. The normalized spacial score (nSPS) is 13.2. The van der Waals surface area contributed by atoms with Crippen molar-refractivity contribution in [3.05, 3.63) is 82.0 Å². The number of hydrogen-bond donors (Lipinski definition) is 1. The van der Waals surface area contributed by atoms with Crippen LogP contribution in [0, 0.1) is 0 Å². The van der Waals surface area contributed by atoms with E-state index >= 15 is 0 Å². The van der Waals surface area contributed by atoms with E-state index in [-0.39, 0.29) is 0 Å². The van der Waals surface area contributed by atoms with Crippen molar-refractivity contribution in [2.45, 2.75) is 0 Å². The Kier molecular flexibility index (Phi) is 4.58. The summed E-state index contributed by atoms with van der Waals surface area (Å²) in [5, 5.41) is 4.66. The summed E-state index contributed by atoms with van der Waals surface area (Å²) >= 11 is 12.8. The minimum absolute atomic E-state index is 0.663. The van der Waals surface area contributed by atoms with E-state index in [1.807, 2.05) is 54.7 Å². The quantitative estimate of drug-likeness (QED) is 0.591. The van der Waals surface area contributed by atoms with Crippen LogP contribution in [0.4, 0.5) is 17.2 Å². The Balaban J connectivity index is 1.70. The minimum Gasteiger partial charge on any atom is -0.370 e. The number of nitrogens with one attached hydrogen (secondary N) is 1. The van der Waals surface area contributed by atoms with Gasteiger partial charge in [-0.2, -0.15) is 0 Å². The number of fused-ring (bicyclic) bond motifs is 1. The Morgan fingerprint density at radius 3 is 2.46 bits per heavy atom. The minimum atomic E-state index is 0.663. The van der Waals surface area contributed by atoms with Crippen molar-refractivity contribution < 1.29 is 0 Å². The fraction of sp³-hybridized carbons (Fsp3) is 0.0952. The van der Waals surface area contributed by atoms with Gasteiger partial charge in [-0.1, -0.05) is 47.5 Å². The molecule has 26 heavy (non-hydrogen) atoms. The predicted octanol–water partition coefficient (Wildman–Crippen LogP) is 6.12. The molecule has 0 unspecified atom stereocenters. The first-order valence-corrected chi connectivity index (χ1v) is 9.05. The molecule has 1 aromatic heterocycles. The van der Waals surface area contributed by atoms with Crippen LogP contribution in [0.15, 0.2) is 60.8 Å². The van der Waals surface area contributed by atoms with Crippen LogP contribution in [0.2, 0.25) is 10.0 Å². The maximum Gasteiger partial charge on any atom is 0.132 e. The van der Waals surface area contributed by atoms with Crippen molar-refractivity contribution >= 4 is 52.0 Å². The van der Waals surface area contributed by atoms with Crippen LogP contribution in [-0.4, -0.2) is 18.6 Å². The van der Waals surface area contributed by atoms with Gasteiger partial charge in [0.25, 0.3) is 0 Å². The molecule has 2 aromatic carbocycles. The van der Waals surface area contributed by atoms with E-state index in [0.717, 1.165) is 40.4 Å². The molecular formula is C21H17Cl2N3. The van der Waals surface area contributed by atoms with Gasteiger partial charge in [-0.05, 0) is 35.9 Å². The number of hydrogen-bond acceptors (Lipinski definition) is 3. The molecule has 0 spiro atoms. The van der Waals surface area contributed by atoms with Crippen molar-refractivity contribution in [2.24, 2.45) is 0 Å². The average molecular weight is 382 g/mol. The number of pyridine rings is 1. The van der Waals surface area contributed by atoms with E-state index in [9.17, 15) is 0 Å². The molecule has 2 heterocycles. The van der Waals surface area contributed by atoms with Crippen molar-refractivity contribution in [3.8, 4) is 0 Å². The summed E-state index contributed by atoms with van der Waals surface area (Å²) in [4.78, 5) is 6.73. The lowest BCUT2D eigenvalue weighted by Crippen LogP contribution is -2.24. The summed E-state index contributed by atoms with van der Waals surface area (Å²) in [5.41, 5.74) is 5.15. The van der Waals surface area contributed by atoms with Gasteiger partial charge in [-0.25, -0.2) is 4.98 Å². The average Bonchev–Trinajstić information content (AvgIpc) is 2.63. The van der Waals surface area contributed by atoms with E-state index < -0.39 is 0 Å². The van der Waals surface area contributed by atoms with Gasteiger partial charge in [0.2, 0.25) is 0 Å². The predicted molar refractivity (Wildman–Crippen MR) is 112 cm³/mol. The Morgan fingerprint density at radius 2 is 1.73 bits per heavy atom. The number of para-hydroxylation sites is 1. The highest BCUT2D eigenvalue weighted by Gasteiger charge is 2.20. The molecular weight excluding hydrogens is 365 g/mol. The number of benzene rings is 2. The monoisotopic (exact) mass is 381 g/mol. The summed E-state index contributed by atoms with van der Waals surface area (Å²) in [6.45, 7) is 0.727. The molecule has 0 saturated carbocycles. The molecule has 0 atom stereocenters. The zero-order valence-electron chi connectivity index (χ0n) is 14.2. The fourth-order valence-corrected chi connectivity index (χ4v) is 3.80. The maximum atomic E-state index is 6.38. The zero-order valence-corrected chi connectivity index (χ0v) is 15.7. The second-order valence-electron chi connectivity index (χ2n) is 6.24. The highest BCUT2D eigenvalue weighted by atomic mass is 35.5. The highest BCUT2D eigenvalue weighted by Crippen LogP contribution is 2.38. The van der Waals surface area contributed by atoms with Crippen LogP contribution < -0.4 is 10.2 Å². The van der Waals surface area contributed by atoms with Crippen LogP contribution in [-0.2, 0) is 0 Å². The second kappa shape index (κ2) is 7.02. The van der Waals surface area contributed by atoms with Crippen molar-refractivity contribution in [1.82, 2.24) is 4.98 Å². The smallest absolute Gasteiger partial charge is 0.132 e. The standard InChI is InChI=1S/C21H17Cl2N3/c1-26-13-15(21-17(22)8-5-9-18(21)23)10-14-12-24-20(11-19(14)26)25-16-6-3-2-4-7-16/h2-12H,13H2,1H3,(H,24,25). The highest BCUT2D eigenvalue weighted by molar-refractivity contribution is 6.38. The van der Waals surface area contributed by atoms with Gasteiger partial charge in [-0.3, -0.25) is 0 Å². The molecule has 130 valence electrons. The third-order valence-corrected chi connectivity index (χ3v) is 5.02. The van der Waals surface area contributed by atoms with Crippen molar-refractivity contribution in [3.63, 3.8) is 0 Å². The summed E-state index contributed by atoms with van der Waals surface area (Å²) in [6.07, 6.45) is 3.99. The van der Waals surface area contributed by atoms with Crippen LogP contribution >= 0.6 is 23.2 Å². The molecule has 3 aromatic rings. The molecule has 0 radical (unpaired) electrons. The molecule has 0 aliphatic carbocycles. The Morgan fingerprint density at radius 1 is 1.00 bits per heavy atom. The summed E-state index contributed by atoms with van der Waals surface area (Å²) in [5.74, 6) is 0.814. The molecule has 1 N–H and O–H groups in total. The third kappa shape index (κ3) is 3.28. The number of halogens is 2. The van der Waals surface area contributed by atoms with Crippen LogP contribution in [0.5, 0.6) is 0 Å². The molecule has 1 aliphatic rings. The third-order valence-electron chi connectivity index (χ3n) is 4.39. The first-order chi connectivity index (χ1) is 12.6. The molecule has 0 bridgehead atoms. The van der Waals surface area contributed by atoms with Gasteiger partial charge in [-0.15, -0.1) is 0 Å². The number of likely N-dealkylation sites (N-methyl/N-ethyl adjacent to an activating group) is 1. The second-order valence-corrected chi connectivity index (χ2v) is 7.06. The SMILES string of the molecule is CN1CC(c2c(Cl)cccc2Cl)=Cc2cnc(Nc3ccccc3)cc21. The topological polar surface area (TPSA) is 28.2 Å². The van der Waals surface area contributed by atoms with E-state index in [2.05, 4.69) is 34.4 Å². The molecule has 0 amide bonds. The molecule has 3 nitrogen and oxygen atoms in total. The number of nitrogens with zero attached hydrogens (tertiary/aromatic N) is 2. The first-order valence-electron chi connectivity index (χ1n) is 8.30. The zero-order chi connectivity index (χ0) is 18.1. The Hall–Kier alpha value is -2.49. The van der Waals surface area contributed by atoms with Crippen molar-refractivity contribution in [1.29, 1.82) is 0 Å². The van der Waals surface area contributed by atoms with Gasteiger partial charge in [0.15, 0.2) is 0 Å². The van der Waals surface area contributed by atoms with Gasteiger partial charge in [0.05, 0.1) is 0 Å². The Labute approximate surface area is 162 Å². The molecule has 0 saturated heterocycles. The lowest BCUT2D eigenvalue weighted by atomic mass is 9.98. The van der Waals surface area contributed by atoms with E-state index in [0.29, 0.717) is 10.0 Å². The van der Waals surface area contributed by atoms with Crippen LogP contribution in [0.25, 0.3) is 11.6 Å². The van der Waals surface area contributed by atoms with Crippen LogP contribution in [0.1, 0.15) is 11.1 Å². The molecule has 5 heteroatoms. The number of anilines is 3. The van der Waals surface area contributed by atoms with Gasteiger partial charge < -0.3 is 10.2 Å². The van der Waals surface area contributed by atoms with Gasteiger partial charge >= 0.3 is 0 Å². The maximum absolute atomic E-state index is 6.38. The van der Waals surface area contributed by atoms with E-state index in [1.165, 1.54) is 0 Å². The van der Waals surface area contributed by atoms with E-state index in [4.69, 9.17) is 23.2 Å². The summed E-state index contributed by atoms with van der Waals surface area (Å²) < 4.78 is 0. The molecule has 4 rings (SSSR count). The van der Waals surface area contributed by atoms with Crippen LogP contribution in [0.3, 0.4) is 0 Å². The largest absolute Gasteiger partial charge is 0.370 e.